The van der Waals surface area contributed by atoms with E-state index in [9.17, 15) is 48.3 Å². The molecule has 92 heavy (non-hydrogen) atoms. The SMILES string of the molecule is COc1cc2cc(c1Cl)N(C)C(=O)C[C@H](OC(=O)[C@H](C)N(C)C(=O)c1ccc(NC(=O)[C@H](CCCNC(N)=O)NC(=O)[C@@H](NC(C=O)CCCC(C)OC(=O)C(CBr)CBr)C(C)C)cc1C(F)(F)F)[C@]1(C)O[C@H]1[C@H](C)[C@@H]1C[C@@](O)(NC(=O)O1)[C@H](OC)/C=C/C=C(\C)C2. The molecule has 2 unspecified atom stereocenters. The molecule has 7 amide bonds. The van der Waals surface area contributed by atoms with Gasteiger partial charge in [0.25, 0.3) is 5.91 Å². The van der Waals surface area contributed by atoms with Crippen molar-refractivity contribution < 1.29 is 89.8 Å². The molecule has 30 heteroatoms. The number of anilines is 2. The lowest BCUT2D eigenvalue weighted by molar-refractivity contribution is -0.158. The Labute approximate surface area is 554 Å². The molecular formula is C62H84Br2ClF3N8O16. The van der Waals surface area contributed by atoms with Gasteiger partial charge in [-0.05, 0) is 108 Å². The second-order valence-corrected chi connectivity index (χ2v) is 25.5. The number of benzene rings is 2. The number of alkyl halides is 5. The number of ether oxygens (including phenoxy) is 6. The summed E-state index contributed by atoms with van der Waals surface area (Å²) >= 11 is 13.4. The quantitative estimate of drug-likeness (QED) is 0.0120. The Balaban J connectivity index is 1.39. The summed E-state index contributed by atoms with van der Waals surface area (Å²) in [6.45, 7) is 11.3. The first kappa shape index (κ1) is 76.3. The van der Waals surface area contributed by atoms with Crippen LogP contribution in [0.15, 0.2) is 54.1 Å². The Morgan fingerprint density at radius 1 is 1.01 bits per heavy atom. The van der Waals surface area contributed by atoms with Crippen LogP contribution in [-0.2, 0) is 65.0 Å². The van der Waals surface area contributed by atoms with Gasteiger partial charge >= 0.3 is 30.2 Å². The maximum absolute atomic E-state index is 15.2. The number of hydrogen-bond donors (Lipinski definition) is 7. The maximum Gasteiger partial charge on any atom is 0.417 e. The minimum atomic E-state index is -5.25. The van der Waals surface area contributed by atoms with Gasteiger partial charge in [-0.25, -0.2) is 14.4 Å². The number of carbonyl (C=O) groups is 9. The second-order valence-electron chi connectivity index (χ2n) is 23.9. The average molecular weight is 1450 g/mol. The van der Waals surface area contributed by atoms with Gasteiger partial charge in [-0.2, -0.15) is 13.2 Å². The number of esters is 2. The zero-order valence-corrected chi connectivity index (χ0v) is 57.1. The van der Waals surface area contributed by atoms with Gasteiger partial charge in [0.1, 0.15) is 53.1 Å². The summed E-state index contributed by atoms with van der Waals surface area (Å²) in [6, 6.07) is -0.205. The summed E-state index contributed by atoms with van der Waals surface area (Å²) < 4.78 is 80.3. The zero-order valence-electron chi connectivity index (χ0n) is 53.2. The normalized spacial score (nSPS) is 24.4. The summed E-state index contributed by atoms with van der Waals surface area (Å²) in [5, 5.41) is 25.7. The van der Waals surface area contributed by atoms with Crippen molar-refractivity contribution in [3.63, 3.8) is 0 Å². The van der Waals surface area contributed by atoms with Gasteiger partial charge in [0.15, 0.2) is 5.72 Å². The molecule has 0 radical (unpaired) electrons. The number of aliphatic hydroxyl groups is 1. The van der Waals surface area contributed by atoms with Crippen LogP contribution >= 0.6 is 43.5 Å². The number of urea groups is 1. The van der Waals surface area contributed by atoms with Crippen LogP contribution in [0.5, 0.6) is 5.75 Å². The maximum atomic E-state index is 15.2. The molecule has 5 rings (SSSR count). The van der Waals surface area contributed by atoms with E-state index in [1.807, 2.05) is 6.92 Å². The molecule has 3 aliphatic rings. The number of allylic oxidation sites excluding steroid dienone is 3. The molecule has 2 aromatic rings. The average Bonchev–Trinajstić information content (AvgIpc) is 1.56. The van der Waals surface area contributed by atoms with Crippen molar-refractivity contribution in [2.75, 3.05) is 55.7 Å². The number of halogens is 6. The van der Waals surface area contributed by atoms with E-state index in [1.54, 1.807) is 65.0 Å². The van der Waals surface area contributed by atoms with Crippen LogP contribution in [0.25, 0.3) is 0 Å². The minimum Gasteiger partial charge on any atom is -0.495 e. The highest BCUT2D eigenvalue weighted by Crippen LogP contribution is 2.49. The monoisotopic (exact) mass is 1450 g/mol. The Morgan fingerprint density at radius 2 is 1.70 bits per heavy atom. The first-order valence-corrected chi connectivity index (χ1v) is 32.5. The van der Waals surface area contributed by atoms with E-state index in [0.717, 1.165) is 24.8 Å². The molecule has 3 heterocycles. The Morgan fingerprint density at radius 3 is 2.30 bits per heavy atom. The number of primary amides is 1. The molecule has 510 valence electrons. The second kappa shape index (κ2) is 33.6. The molecule has 0 aliphatic carbocycles. The van der Waals surface area contributed by atoms with Crippen LogP contribution in [0.3, 0.4) is 0 Å². The predicted octanol–water partition coefficient (Wildman–Crippen LogP) is 7.41. The van der Waals surface area contributed by atoms with Crippen molar-refractivity contribution in [1.82, 2.24) is 26.2 Å². The van der Waals surface area contributed by atoms with Crippen molar-refractivity contribution in [1.29, 1.82) is 0 Å². The number of hydrogen-bond acceptors (Lipinski definition) is 17. The lowest BCUT2D eigenvalue weighted by Gasteiger charge is -2.42. The van der Waals surface area contributed by atoms with Crippen molar-refractivity contribution in [3.8, 4) is 5.75 Å². The molecule has 0 saturated carbocycles. The Hall–Kier alpha value is -6.37. The molecule has 8 N–H and O–H groups in total. The standard InChI is InChI=1S/C62H84Br2ClF3N8O16/c1-32(2)51(71-40(31-77)17-13-16-34(4)89-57(83)38(29-63)30-64)54(80)73-43(18-14-22-70-58(69)84)53(79)72-39-20-21-41(42(26-39)62(66,67)68)55(81)75(8)36(6)56(82)91-48-27-49(78)76(9)44-24-37(25-45(87-10)50(44)65)23-33(3)15-12-19-47(88-11)61(86)28-46(90-59(85)74-61)35(5)52-60(48,7)92-52/h12,15,19-21,24-26,31-32,34-36,38,40,43,46-48,51-52,71,86H,13-14,16-18,22-23,27-30H2,1-11H3,(H,72,79)(H,73,80)(H,74,85)(H3,69,70,84)/b19-12+,33-15+/t34?,35-,36+,40?,43+,46+,47-,48+,51+,52+,60+,61+/m1/s1. The summed E-state index contributed by atoms with van der Waals surface area (Å²) in [7, 11) is 5.26. The fraction of sp³-hybridized carbons (Fsp3) is 0.597. The summed E-state index contributed by atoms with van der Waals surface area (Å²) in [5.74, 6) is -6.64. The van der Waals surface area contributed by atoms with Gasteiger partial charge < -0.3 is 69.8 Å². The lowest BCUT2D eigenvalue weighted by Crippen LogP contribution is -2.63. The summed E-state index contributed by atoms with van der Waals surface area (Å²) in [6.07, 6.45) is -5.12. The van der Waals surface area contributed by atoms with E-state index in [2.05, 4.69) is 58.4 Å². The number of epoxide rings is 1. The Bertz CT molecular complexity index is 3070. The zero-order chi connectivity index (χ0) is 68.7. The van der Waals surface area contributed by atoms with Crippen LogP contribution in [0.1, 0.15) is 115 Å². The number of aldehydes is 1. The highest BCUT2D eigenvalue weighted by atomic mass is 79.9. The van der Waals surface area contributed by atoms with Crippen molar-refractivity contribution in [2.24, 2.45) is 23.5 Å². The topological polar surface area (TPSA) is 325 Å². The number of methoxy groups -OCH3 is 2. The third kappa shape index (κ3) is 20.1. The van der Waals surface area contributed by atoms with E-state index in [1.165, 1.54) is 33.1 Å². The van der Waals surface area contributed by atoms with Crippen LogP contribution in [0.2, 0.25) is 5.02 Å². The Kier molecular flexibility index (Phi) is 27.9. The van der Waals surface area contributed by atoms with Gasteiger partial charge in [0.2, 0.25) is 17.7 Å². The number of alkyl carbamates (subject to hydrolysis) is 1. The first-order chi connectivity index (χ1) is 43.2. The molecule has 2 aromatic carbocycles. The van der Waals surface area contributed by atoms with Gasteiger partial charge in [-0.1, -0.05) is 88.0 Å². The largest absolute Gasteiger partial charge is 0.495 e. The molecule has 2 saturated heterocycles. The number of rotatable bonds is 26. The van der Waals surface area contributed by atoms with Crippen molar-refractivity contribution in [2.45, 2.75) is 172 Å². The number of nitrogens with one attached hydrogen (secondary N) is 5. The summed E-state index contributed by atoms with van der Waals surface area (Å²) in [5.41, 5.74) is 0.506. The van der Waals surface area contributed by atoms with Crippen LogP contribution in [0, 0.1) is 17.8 Å². The van der Waals surface area contributed by atoms with Crippen molar-refractivity contribution in [3.05, 3.63) is 75.8 Å². The van der Waals surface area contributed by atoms with Gasteiger partial charge in [-0.15, -0.1) is 0 Å². The van der Waals surface area contributed by atoms with Crippen LogP contribution in [-0.4, -0.2) is 176 Å². The summed E-state index contributed by atoms with van der Waals surface area (Å²) in [4.78, 5) is 123. The molecular weight excluding hydrogens is 1360 g/mol. The molecule has 24 nitrogen and oxygen atoms in total. The minimum absolute atomic E-state index is 0.0481. The highest BCUT2D eigenvalue weighted by molar-refractivity contribution is 9.09. The number of fused-ring (bicyclic) bond motifs is 5. The van der Waals surface area contributed by atoms with E-state index < -0.39 is 161 Å². The van der Waals surface area contributed by atoms with Gasteiger partial charge in [0, 0.05) is 56.4 Å². The number of likely N-dealkylation sites (N-methyl/N-ethyl adjacent to an activating group) is 1. The number of amides is 7. The van der Waals surface area contributed by atoms with E-state index in [-0.39, 0.29) is 48.7 Å². The third-order valence-corrected chi connectivity index (χ3v) is 18.5. The number of nitrogens with zero attached hydrogens (tertiary/aromatic N) is 2. The smallest absolute Gasteiger partial charge is 0.417 e. The van der Waals surface area contributed by atoms with Crippen LogP contribution in [0.4, 0.5) is 34.1 Å². The van der Waals surface area contributed by atoms with Crippen LogP contribution < -0.4 is 42.0 Å². The molecule has 12 atom stereocenters. The molecule has 0 aromatic heterocycles. The molecule has 2 fully saturated rings. The molecule has 0 spiro atoms. The fourth-order valence-electron chi connectivity index (χ4n) is 10.8. The van der Waals surface area contributed by atoms with Gasteiger partial charge in [0.05, 0.1) is 60.6 Å². The number of carbonyl (C=O) groups excluding carboxylic acids is 9. The fourth-order valence-corrected chi connectivity index (χ4v) is 12.7. The molecule has 4 bridgehead atoms. The van der Waals surface area contributed by atoms with Gasteiger partial charge in [-0.3, -0.25) is 34.6 Å². The van der Waals surface area contributed by atoms with E-state index in [0.29, 0.717) is 52.7 Å². The van der Waals surface area contributed by atoms with Crippen molar-refractivity contribution >= 4 is 109 Å². The highest BCUT2D eigenvalue weighted by Gasteiger charge is 2.64. The third-order valence-electron chi connectivity index (χ3n) is 16.5. The first-order valence-electron chi connectivity index (χ1n) is 29.9. The molecule has 3 aliphatic heterocycles. The lowest BCUT2D eigenvalue weighted by atomic mass is 9.83. The number of nitrogens with two attached hydrogens (primary N) is 1. The predicted molar refractivity (Wildman–Crippen MR) is 341 cm³/mol. The van der Waals surface area contributed by atoms with E-state index >= 15 is 13.2 Å². The van der Waals surface area contributed by atoms with E-state index in [4.69, 9.17) is 45.8 Å².